The number of nitrogens with zero attached hydrogens (tertiary/aromatic N) is 1. The minimum atomic E-state index is -0.968. The molecule has 2 rings (SSSR count). The van der Waals surface area contributed by atoms with Gasteiger partial charge in [-0.3, -0.25) is 0 Å². The SMILES string of the molecule is CCOC(Cc1ccc(OCCN(CCCSc2ccccc2)C(=O)NCC(C)(C)C)cc1)C(=O)O. The number of carbonyl (C=O) groups excluding carboxylic acids is 1. The van der Waals surface area contributed by atoms with Gasteiger partial charge in [-0.1, -0.05) is 51.1 Å². The van der Waals surface area contributed by atoms with Gasteiger partial charge in [0.2, 0.25) is 0 Å². The van der Waals surface area contributed by atoms with Crippen LogP contribution in [0.1, 0.15) is 39.7 Å². The molecule has 0 radical (unpaired) electrons. The van der Waals surface area contributed by atoms with Gasteiger partial charge in [-0.05, 0) is 54.3 Å². The number of aliphatic carboxylic acids is 1. The highest BCUT2D eigenvalue weighted by atomic mass is 32.2. The minimum Gasteiger partial charge on any atom is -0.492 e. The van der Waals surface area contributed by atoms with Crippen LogP contribution in [0.4, 0.5) is 4.79 Å². The Morgan fingerprint density at radius 3 is 2.36 bits per heavy atom. The molecule has 2 N–H and O–H groups in total. The van der Waals surface area contributed by atoms with Crippen molar-refractivity contribution in [2.45, 2.75) is 51.5 Å². The number of carbonyl (C=O) groups is 2. The summed E-state index contributed by atoms with van der Waals surface area (Å²) in [5.74, 6) is 0.634. The highest BCUT2D eigenvalue weighted by Crippen LogP contribution is 2.18. The predicted molar refractivity (Wildman–Crippen MR) is 145 cm³/mol. The number of hydrogen-bond donors (Lipinski definition) is 2. The number of hydrogen-bond acceptors (Lipinski definition) is 5. The molecule has 2 amide bonds. The molecule has 198 valence electrons. The van der Waals surface area contributed by atoms with Crippen molar-refractivity contribution in [3.8, 4) is 5.75 Å². The quantitative estimate of drug-likeness (QED) is 0.245. The van der Waals surface area contributed by atoms with Gasteiger partial charge in [-0.2, -0.15) is 0 Å². The molecule has 0 spiro atoms. The van der Waals surface area contributed by atoms with Crippen LogP contribution in [0.25, 0.3) is 0 Å². The number of nitrogens with one attached hydrogen (secondary N) is 1. The largest absolute Gasteiger partial charge is 0.492 e. The molecule has 1 atom stereocenters. The maximum Gasteiger partial charge on any atom is 0.333 e. The van der Waals surface area contributed by atoms with Crippen LogP contribution in [-0.2, 0) is 16.0 Å². The third-order valence-electron chi connectivity index (χ3n) is 5.26. The second kappa shape index (κ2) is 15.4. The summed E-state index contributed by atoms with van der Waals surface area (Å²) >= 11 is 1.79. The van der Waals surface area contributed by atoms with E-state index in [9.17, 15) is 14.7 Å². The molecule has 0 aliphatic carbocycles. The smallest absolute Gasteiger partial charge is 0.333 e. The van der Waals surface area contributed by atoms with Crippen LogP contribution in [0.5, 0.6) is 5.75 Å². The van der Waals surface area contributed by atoms with Gasteiger partial charge in [0, 0.05) is 31.0 Å². The van der Waals surface area contributed by atoms with Gasteiger partial charge in [0.25, 0.3) is 0 Å². The number of carboxylic acid groups (broad SMARTS) is 1. The standard InChI is InChI=1S/C28H40N2O5S/c1-5-34-25(26(31)32)20-22-12-14-23(15-13-22)35-18-17-30(27(33)29-21-28(2,3)4)16-9-19-36-24-10-7-6-8-11-24/h6-8,10-15,25H,5,9,16-21H2,1-4H3,(H,29,33)(H,31,32). The van der Waals surface area contributed by atoms with Gasteiger partial charge >= 0.3 is 12.0 Å². The van der Waals surface area contributed by atoms with E-state index >= 15 is 0 Å². The van der Waals surface area contributed by atoms with E-state index in [2.05, 4.69) is 38.2 Å². The lowest BCUT2D eigenvalue weighted by atomic mass is 9.97. The molecule has 36 heavy (non-hydrogen) atoms. The Hall–Kier alpha value is -2.71. The number of ether oxygens (including phenoxy) is 2. The van der Waals surface area contributed by atoms with Crippen molar-refractivity contribution < 1.29 is 24.2 Å². The van der Waals surface area contributed by atoms with Gasteiger partial charge in [-0.15, -0.1) is 11.8 Å². The first-order valence-electron chi connectivity index (χ1n) is 12.4. The minimum absolute atomic E-state index is 0.00452. The van der Waals surface area contributed by atoms with Crippen molar-refractivity contribution in [2.24, 2.45) is 5.41 Å². The normalized spacial score (nSPS) is 12.1. The van der Waals surface area contributed by atoms with Crippen LogP contribution in [0.2, 0.25) is 0 Å². The maximum atomic E-state index is 12.8. The molecule has 7 nitrogen and oxygen atoms in total. The van der Waals surface area contributed by atoms with E-state index in [1.165, 1.54) is 4.90 Å². The number of rotatable bonds is 15. The van der Waals surface area contributed by atoms with E-state index in [0.29, 0.717) is 45.0 Å². The van der Waals surface area contributed by atoms with Gasteiger partial charge in [0.1, 0.15) is 12.4 Å². The summed E-state index contributed by atoms with van der Waals surface area (Å²) in [4.78, 5) is 27.2. The summed E-state index contributed by atoms with van der Waals surface area (Å²) in [5.41, 5.74) is 0.868. The summed E-state index contributed by atoms with van der Waals surface area (Å²) in [6, 6.07) is 17.5. The number of carboxylic acids is 1. The monoisotopic (exact) mass is 516 g/mol. The van der Waals surface area contributed by atoms with E-state index in [4.69, 9.17) is 9.47 Å². The Balaban J connectivity index is 1.86. The topological polar surface area (TPSA) is 88.1 Å². The first-order valence-corrected chi connectivity index (χ1v) is 13.4. The van der Waals surface area contributed by atoms with Crippen molar-refractivity contribution >= 4 is 23.8 Å². The summed E-state index contributed by atoms with van der Waals surface area (Å²) < 4.78 is 11.2. The molecule has 0 bridgehead atoms. The van der Waals surface area contributed by atoms with Gasteiger partial charge < -0.3 is 24.8 Å². The molecule has 8 heteroatoms. The van der Waals surface area contributed by atoms with Crippen LogP contribution in [0.15, 0.2) is 59.5 Å². The fourth-order valence-corrected chi connectivity index (χ4v) is 4.22. The van der Waals surface area contributed by atoms with Gasteiger partial charge in [0.15, 0.2) is 6.10 Å². The zero-order chi connectivity index (χ0) is 26.4. The molecule has 0 aliphatic heterocycles. The average molecular weight is 517 g/mol. The van der Waals surface area contributed by atoms with Gasteiger partial charge in [-0.25, -0.2) is 9.59 Å². The van der Waals surface area contributed by atoms with Crippen molar-refractivity contribution in [1.29, 1.82) is 0 Å². The Kier molecular flexibility index (Phi) is 12.6. The van der Waals surface area contributed by atoms with Crippen LogP contribution in [0, 0.1) is 5.41 Å². The third kappa shape index (κ3) is 11.8. The highest BCUT2D eigenvalue weighted by Gasteiger charge is 2.19. The number of urea groups is 1. The van der Waals surface area contributed by atoms with Crippen molar-refractivity contribution in [1.82, 2.24) is 10.2 Å². The zero-order valence-electron chi connectivity index (χ0n) is 21.9. The summed E-state index contributed by atoms with van der Waals surface area (Å²) in [6.45, 7) is 10.5. The van der Waals surface area contributed by atoms with Crippen LogP contribution in [0.3, 0.4) is 0 Å². The molecular formula is C28H40N2O5S. The lowest BCUT2D eigenvalue weighted by molar-refractivity contribution is -0.149. The van der Waals surface area contributed by atoms with Crippen LogP contribution in [-0.4, -0.2) is 66.7 Å². The van der Waals surface area contributed by atoms with Crippen molar-refractivity contribution in [2.75, 3.05) is 38.6 Å². The molecule has 0 aliphatic rings. The maximum absolute atomic E-state index is 12.8. The molecular weight excluding hydrogens is 476 g/mol. The Labute approximate surface area is 219 Å². The van der Waals surface area contributed by atoms with Crippen LogP contribution < -0.4 is 10.1 Å². The third-order valence-corrected chi connectivity index (χ3v) is 6.36. The van der Waals surface area contributed by atoms with E-state index in [-0.39, 0.29) is 11.4 Å². The number of thioether (sulfide) groups is 1. The molecule has 0 saturated carbocycles. The Bertz CT molecular complexity index is 916. The summed E-state index contributed by atoms with van der Waals surface area (Å²) in [5, 5.41) is 12.3. The zero-order valence-corrected chi connectivity index (χ0v) is 22.7. The predicted octanol–water partition coefficient (Wildman–Crippen LogP) is 5.34. The molecule has 0 fully saturated rings. The Morgan fingerprint density at radius 2 is 1.75 bits per heavy atom. The van der Waals surface area contributed by atoms with Crippen molar-refractivity contribution in [3.05, 3.63) is 60.2 Å². The first-order chi connectivity index (χ1) is 17.2. The van der Waals surface area contributed by atoms with E-state index in [1.807, 2.05) is 47.4 Å². The second-order valence-corrected chi connectivity index (χ2v) is 10.9. The van der Waals surface area contributed by atoms with Gasteiger partial charge in [0.05, 0.1) is 6.54 Å². The fraction of sp³-hybridized carbons (Fsp3) is 0.500. The first kappa shape index (κ1) is 29.5. The van der Waals surface area contributed by atoms with E-state index in [1.54, 1.807) is 18.7 Å². The molecule has 2 aromatic carbocycles. The molecule has 0 heterocycles. The second-order valence-electron chi connectivity index (χ2n) is 9.70. The Morgan fingerprint density at radius 1 is 1.06 bits per heavy atom. The lowest BCUT2D eigenvalue weighted by Gasteiger charge is -2.26. The molecule has 2 aromatic rings. The van der Waals surface area contributed by atoms with Crippen molar-refractivity contribution in [3.63, 3.8) is 0 Å². The van der Waals surface area contributed by atoms with E-state index in [0.717, 1.165) is 17.7 Å². The number of amides is 2. The molecule has 0 aromatic heterocycles. The van der Waals surface area contributed by atoms with Crippen LogP contribution >= 0.6 is 11.8 Å². The fourth-order valence-electron chi connectivity index (χ4n) is 3.36. The highest BCUT2D eigenvalue weighted by molar-refractivity contribution is 7.99. The summed E-state index contributed by atoms with van der Waals surface area (Å²) in [7, 11) is 0. The molecule has 0 saturated heterocycles. The molecule has 1 unspecified atom stereocenters. The lowest BCUT2D eigenvalue weighted by Crippen LogP contribution is -2.45. The number of benzene rings is 2. The summed E-state index contributed by atoms with van der Waals surface area (Å²) in [6.07, 6.45) is 0.315. The van der Waals surface area contributed by atoms with E-state index < -0.39 is 12.1 Å². The average Bonchev–Trinajstić information content (AvgIpc) is 2.84.